The van der Waals surface area contributed by atoms with E-state index in [4.69, 9.17) is 9.47 Å². The maximum atomic E-state index is 14.3. The summed E-state index contributed by atoms with van der Waals surface area (Å²) in [4.78, 5) is 40.6. The van der Waals surface area contributed by atoms with Gasteiger partial charge in [-0.25, -0.2) is 4.79 Å². The highest BCUT2D eigenvalue weighted by Gasteiger charge is 2.42. The summed E-state index contributed by atoms with van der Waals surface area (Å²) in [6.45, 7) is 6.09. The third-order valence-electron chi connectivity index (χ3n) is 7.66. The fraction of sp³-hybridized carbons (Fsp3) is 0.265. The van der Waals surface area contributed by atoms with Crippen LogP contribution >= 0.6 is 0 Å². The van der Waals surface area contributed by atoms with E-state index in [1.165, 1.54) is 13.0 Å². The number of alkyl carbamates (subject to hydrolysis) is 1. The Labute approximate surface area is 245 Å². The molecule has 4 aromatic rings. The number of hydrogen-bond acceptors (Lipinski definition) is 5. The number of ether oxygens (including phenoxy) is 2. The van der Waals surface area contributed by atoms with Crippen molar-refractivity contribution in [1.82, 2.24) is 14.8 Å². The first-order valence-electron chi connectivity index (χ1n) is 14.1. The number of likely N-dealkylation sites (tertiary alicyclic amines) is 1. The molecule has 1 N–H and O–H groups in total. The third kappa shape index (κ3) is 6.38. The molecule has 1 fully saturated rings. The van der Waals surface area contributed by atoms with Gasteiger partial charge in [0.25, 0.3) is 0 Å². The molecule has 5 rings (SSSR count). The normalized spacial score (nSPS) is 17.5. The van der Waals surface area contributed by atoms with E-state index in [1.54, 1.807) is 4.90 Å². The standard InChI is InChI=1S/C34H35N3O5/c1-3-20-41-34(40)35-32-28(18-19-37(33(32)39)31(23-42-24(2)38)26-14-8-5-9-15-26)29-22-36(21-25-12-6-4-7-13-25)30-17-11-10-16-27(29)30/h3-17,22,28,31-32H,1,18-21,23H2,2H3,(H,35,40)/t28-,31-,32-/m0/s1. The number of para-hydroxylation sites is 1. The average molecular weight is 566 g/mol. The molecular weight excluding hydrogens is 530 g/mol. The minimum absolute atomic E-state index is 0.0137. The molecule has 0 aliphatic carbocycles. The maximum absolute atomic E-state index is 14.3. The summed E-state index contributed by atoms with van der Waals surface area (Å²) in [6, 6.07) is 26.4. The Bertz CT molecular complexity index is 1550. The summed E-state index contributed by atoms with van der Waals surface area (Å²) >= 11 is 0. The van der Waals surface area contributed by atoms with Gasteiger partial charge >= 0.3 is 12.1 Å². The van der Waals surface area contributed by atoms with Crippen molar-refractivity contribution < 1.29 is 23.9 Å². The fourth-order valence-electron chi connectivity index (χ4n) is 5.74. The first kappa shape index (κ1) is 28.7. The lowest BCUT2D eigenvalue weighted by atomic mass is 9.83. The summed E-state index contributed by atoms with van der Waals surface area (Å²) in [7, 11) is 0. The zero-order valence-corrected chi connectivity index (χ0v) is 23.6. The highest BCUT2D eigenvalue weighted by Crippen LogP contribution is 2.38. The lowest BCUT2D eigenvalue weighted by Crippen LogP contribution is -2.57. The first-order chi connectivity index (χ1) is 20.5. The van der Waals surface area contributed by atoms with Crippen molar-refractivity contribution in [3.8, 4) is 0 Å². The predicted octanol–water partition coefficient (Wildman–Crippen LogP) is 5.59. The van der Waals surface area contributed by atoms with Gasteiger partial charge < -0.3 is 24.3 Å². The molecule has 0 bridgehead atoms. The van der Waals surface area contributed by atoms with Gasteiger partial charge in [-0.15, -0.1) is 0 Å². The summed E-state index contributed by atoms with van der Waals surface area (Å²) in [5, 5.41) is 3.89. The number of fused-ring (bicyclic) bond motifs is 1. The molecule has 1 aliphatic heterocycles. The second-order valence-corrected chi connectivity index (χ2v) is 10.4. The van der Waals surface area contributed by atoms with Crippen LogP contribution in [0.15, 0.2) is 104 Å². The van der Waals surface area contributed by atoms with Crippen LogP contribution in [-0.4, -0.2) is 53.2 Å². The van der Waals surface area contributed by atoms with Gasteiger partial charge in [-0.1, -0.05) is 91.5 Å². The number of aromatic nitrogens is 1. The minimum atomic E-state index is -0.893. The number of rotatable bonds is 10. The van der Waals surface area contributed by atoms with Gasteiger partial charge in [-0.2, -0.15) is 0 Å². The van der Waals surface area contributed by atoms with Crippen LogP contribution in [0.25, 0.3) is 10.9 Å². The van der Waals surface area contributed by atoms with Crippen LogP contribution in [0.5, 0.6) is 0 Å². The molecule has 3 aromatic carbocycles. The molecule has 2 amide bonds. The molecule has 216 valence electrons. The summed E-state index contributed by atoms with van der Waals surface area (Å²) in [5.74, 6) is -0.994. The first-order valence-corrected chi connectivity index (χ1v) is 14.1. The molecule has 42 heavy (non-hydrogen) atoms. The predicted molar refractivity (Wildman–Crippen MR) is 161 cm³/mol. The number of carbonyl (C=O) groups excluding carboxylic acids is 3. The summed E-state index contributed by atoms with van der Waals surface area (Å²) in [5.41, 5.74) is 4.04. The van der Waals surface area contributed by atoms with Crippen LogP contribution in [-0.2, 0) is 25.6 Å². The Morgan fingerprint density at radius 2 is 1.69 bits per heavy atom. The molecule has 3 atom stereocenters. The second-order valence-electron chi connectivity index (χ2n) is 10.4. The molecule has 1 aliphatic rings. The molecule has 1 aromatic heterocycles. The van der Waals surface area contributed by atoms with E-state index in [1.807, 2.05) is 60.7 Å². The highest BCUT2D eigenvalue weighted by molar-refractivity contribution is 5.91. The van der Waals surface area contributed by atoms with Crippen molar-refractivity contribution in [2.24, 2.45) is 0 Å². The van der Waals surface area contributed by atoms with Gasteiger partial charge in [0.2, 0.25) is 5.91 Å². The Hall–Kier alpha value is -4.85. The quantitative estimate of drug-likeness (QED) is 0.200. The number of benzene rings is 3. The van der Waals surface area contributed by atoms with Crippen molar-refractivity contribution in [3.63, 3.8) is 0 Å². The smallest absolute Gasteiger partial charge is 0.408 e. The van der Waals surface area contributed by atoms with E-state index in [9.17, 15) is 14.4 Å². The Morgan fingerprint density at radius 1 is 1.00 bits per heavy atom. The van der Waals surface area contributed by atoms with Crippen LogP contribution < -0.4 is 5.32 Å². The number of amides is 2. The summed E-state index contributed by atoms with van der Waals surface area (Å²) in [6.07, 6.45) is 3.47. The Balaban J connectivity index is 1.52. The minimum Gasteiger partial charge on any atom is -0.463 e. The van der Waals surface area contributed by atoms with Gasteiger partial charge in [0.1, 0.15) is 19.3 Å². The zero-order valence-electron chi connectivity index (χ0n) is 23.6. The lowest BCUT2D eigenvalue weighted by molar-refractivity contribution is -0.149. The monoisotopic (exact) mass is 565 g/mol. The average Bonchev–Trinajstić information content (AvgIpc) is 3.36. The van der Waals surface area contributed by atoms with Crippen molar-refractivity contribution >= 4 is 28.9 Å². The van der Waals surface area contributed by atoms with Crippen molar-refractivity contribution in [2.75, 3.05) is 19.8 Å². The van der Waals surface area contributed by atoms with E-state index in [0.29, 0.717) is 19.5 Å². The van der Waals surface area contributed by atoms with Gasteiger partial charge in [-0.05, 0) is 29.2 Å². The Kier molecular flexibility index (Phi) is 9.02. The Morgan fingerprint density at radius 3 is 2.40 bits per heavy atom. The van der Waals surface area contributed by atoms with Crippen molar-refractivity contribution in [3.05, 3.63) is 120 Å². The molecule has 2 heterocycles. The van der Waals surface area contributed by atoms with Gasteiger partial charge in [0, 0.05) is 43.0 Å². The van der Waals surface area contributed by atoms with E-state index in [2.05, 4.69) is 46.9 Å². The molecule has 0 saturated carbocycles. The number of piperidine rings is 1. The number of esters is 1. The van der Waals surface area contributed by atoms with Crippen LogP contribution in [0, 0.1) is 0 Å². The zero-order chi connectivity index (χ0) is 29.5. The lowest BCUT2D eigenvalue weighted by Gasteiger charge is -2.41. The number of carbonyl (C=O) groups is 3. The highest BCUT2D eigenvalue weighted by atomic mass is 16.5. The molecule has 0 unspecified atom stereocenters. The number of nitrogens with zero attached hydrogens (tertiary/aromatic N) is 2. The van der Waals surface area contributed by atoms with E-state index in [0.717, 1.165) is 27.6 Å². The van der Waals surface area contributed by atoms with Crippen molar-refractivity contribution in [1.29, 1.82) is 0 Å². The number of nitrogens with one attached hydrogen (secondary N) is 1. The molecule has 1 saturated heterocycles. The van der Waals surface area contributed by atoms with Crippen molar-refractivity contribution in [2.45, 2.75) is 37.9 Å². The van der Waals surface area contributed by atoms with Crippen LogP contribution in [0.3, 0.4) is 0 Å². The number of hydrogen-bond donors (Lipinski definition) is 1. The maximum Gasteiger partial charge on any atom is 0.408 e. The molecule has 0 radical (unpaired) electrons. The van der Waals surface area contributed by atoms with Gasteiger partial charge in [0.05, 0.1) is 6.04 Å². The molecule has 0 spiro atoms. The molecule has 8 nitrogen and oxygen atoms in total. The van der Waals surface area contributed by atoms with Crippen LogP contribution in [0.4, 0.5) is 4.79 Å². The van der Waals surface area contributed by atoms with Gasteiger partial charge in [0.15, 0.2) is 0 Å². The SMILES string of the molecule is C=CCOC(=O)N[C@@H]1C(=O)N([C@@H](COC(C)=O)c2ccccc2)CC[C@H]1c1cn(Cc2ccccc2)c2ccccc12. The van der Waals surface area contributed by atoms with Crippen LogP contribution in [0.2, 0.25) is 0 Å². The van der Waals surface area contributed by atoms with Crippen LogP contribution in [0.1, 0.15) is 42.0 Å². The van der Waals surface area contributed by atoms with Gasteiger partial charge in [-0.3, -0.25) is 9.59 Å². The summed E-state index contributed by atoms with van der Waals surface area (Å²) < 4.78 is 12.8. The molecular formula is C34H35N3O5. The largest absolute Gasteiger partial charge is 0.463 e. The fourth-order valence-corrected chi connectivity index (χ4v) is 5.74. The van der Waals surface area contributed by atoms with E-state index in [-0.39, 0.29) is 25.0 Å². The molecule has 8 heteroatoms. The van der Waals surface area contributed by atoms with E-state index >= 15 is 0 Å². The van der Waals surface area contributed by atoms with E-state index < -0.39 is 24.1 Å². The second kappa shape index (κ2) is 13.2. The third-order valence-corrected chi connectivity index (χ3v) is 7.66. The topological polar surface area (TPSA) is 89.9 Å².